The van der Waals surface area contributed by atoms with Crippen LogP contribution < -0.4 is 0 Å². The topological polar surface area (TPSA) is 43.4 Å². The highest BCUT2D eigenvalue weighted by atomic mass is 16.5. The zero-order chi connectivity index (χ0) is 12.7. The van der Waals surface area contributed by atoms with Crippen LogP contribution >= 0.6 is 0 Å². The van der Waals surface area contributed by atoms with Crippen molar-refractivity contribution in [3.05, 3.63) is 35.9 Å². The standard InChI is InChI=1S/C14H18O3/c1-3-11(10-14(16)17-2)9-13(15)12-7-5-4-6-8-12/h4-8,11H,3,9-10H2,1-2H3/t11-/m1/s1. The van der Waals surface area contributed by atoms with E-state index in [4.69, 9.17) is 0 Å². The van der Waals surface area contributed by atoms with Crippen molar-refractivity contribution in [1.29, 1.82) is 0 Å². The zero-order valence-corrected chi connectivity index (χ0v) is 10.3. The van der Waals surface area contributed by atoms with E-state index in [1.54, 1.807) is 12.1 Å². The van der Waals surface area contributed by atoms with E-state index >= 15 is 0 Å². The Labute approximate surface area is 102 Å². The van der Waals surface area contributed by atoms with Crippen molar-refractivity contribution < 1.29 is 14.3 Å². The molecule has 1 aromatic carbocycles. The van der Waals surface area contributed by atoms with Crippen molar-refractivity contribution in [2.75, 3.05) is 7.11 Å². The van der Waals surface area contributed by atoms with Crippen molar-refractivity contribution in [3.63, 3.8) is 0 Å². The molecule has 92 valence electrons. The normalized spacial score (nSPS) is 11.9. The average Bonchev–Trinajstić information content (AvgIpc) is 2.38. The maximum atomic E-state index is 11.9. The number of hydrogen-bond donors (Lipinski definition) is 0. The second-order valence-corrected chi connectivity index (χ2v) is 4.05. The third-order valence-corrected chi connectivity index (χ3v) is 2.83. The predicted molar refractivity (Wildman–Crippen MR) is 65.8 cm³/mol. The number of carbonyl (C=O) groups excluding carboxylic acids is 2. The molecule has 3 nitrogen and oxygen atoms in total. The minimum atomic E-state index is -0.252. The van der Waals surface area contributed by atoms with Crippen LogP contribution in [-0.4, -0.2) is 18.9 Å². The predicted octanol–water partition coefficient (Wildman–Crippen LogP) is 2.85. The first-order valence-corrected chi connectivity index (χ1v) is 5.82. The molecule has 0 aliphatic heterocycles. The second kappa shape index (κ2) is 6.84. The Morgan fingerprint density at radius 2 is 1.82 bits per heavy atom. The Morgan fingerprint density at radius 1 is 1.18 bits per heavy atom. The molecule has 0 heterocycles. The monoisotopic (exact) mass is 234 g/mol. The molecule has 0 aliphatic rings. The van der Waals surface area contributed by atoms with Crippen LogP contribution in [0.25, 0.3) is 0 Å². The summed E-state index contributed by atoms with van der Waals surface area (Å²) in [4.78, 5) is 23.1. The van der Waals surface area contributed by atoms with E-state index in [9.17, 15) is 9.59 Å². The number of methoxy groups -OCH3 is 1. The van der Waals surface area contributed by atoms with Gasteiger partial charge in [0, 0.05) is 18.4 Å². The number of ketones is 1. The molecule has 0 aromatic heterocycles. The van der Waals surface area contributed by atoms with Crippen molar-refractivity contribution >= 4 is 11.8 Å². The molecule has 0 N–H and O–H groups in total. The maximum Gasteiger partial charge on any atom is 0.305 e. The van der Waals surface area contributed by atoms with E-state index in [-0.39, 0.29) is 17.7 Å². The third-order valence-electron chi connectivity index (χ3n) is 2.83. The van der Waals surface area contributed by atoms with Crippen molar-refractivity contribution in [2.24, 2.45) is 5.92 Å². The van der Waals surface area contributed by atoms with Crippen molar-refractivity contribution in [2.45, 2.75) is 26.2 Å². The lowest BCUT2D eigenvalue weighted by molar-refractivity contribution is -0.141. The highest BCUT2D eigenvalue weighted by Crippen LogP contribution is 2.17. The zero-order valence-electron chi connectivity index (χ0n) is 10.3. The fourth-order valence-electron chi connectivity index (χ4n) is 1.68. The summed E-state index contributed by atoms with van der Waals surface area (Å²) in [5, 5.41) is 0. The third kappa shape index (κ3) is 4.39. The Kier molecular flexibility index (Phi) is 5.40. The molecule has 3 heteroatoms. The van der Waals surface area contributed by atoms with Crippen LogP contribution in [0, 0.1) is 5.92 Å². The van der Waals surface area contributed by atoms with Gasteiger partial charge in [0.15, 0.2) is 5.78 Å². The lowest BCUT2D eigenvalue weighted by atomic mass is 9.93. The minimum absolute atomic E-state index is 0.0650. The van der Waals surface area contributed by atoms with Gasteiger partial charge in [-0.3, -0.25) is 9.59 Å². The Morgan fingerprint density at radius 3 is 2.35 bits per heavy atom. The lowest BCUT2D eigenvalue weighted by Gasteiger charge is -2.12. The van der Waals surface area contributed by atoms with Gasteiger partial charge in [-0.2, -0.15) is 0 Å². The van der Waals surface area contributed by atoms with Crippen LogP contribution in [-0.2, 0) is 9.53 Å². The molecule has 1 aromatic rings. The molecule has 0 aliphatic carbocycles. The molecular weight excluding hydrogens is 216 g/mol. The van der Waals surface area contributed by atoms with Gasteiger partial charge >= 0.3 is 5.97 Å². The fraction of sp³-hybridized carbons (Fsp3) is 0.429. The van der Waals surface area contributed by atoms with E-state index in [2.05, 4.69) is 4.74 Å². The number of benzene rings is 1. The molecule has 0 unspecified atom stereocenters. The number of rotatable bonds is 6. The summed E-state index contributed by atoms with van der Waals surface area (Å²) in [5.41, 5.74) is 0.704. The average molecular weight is 234 g/mol. The number of esters is 1. The highest BCUT2D eigenvalue weighted by molar-refractivity contribution is 5.96. The van der Waals surface area contributed by atoms with Gasteiger partial charge < -0.3 is 4.74 Å². The SMILES string of the molecule is CC[C@@H](CC(=O)OC)CC(=O)c1ccccc1. The van der Waals surface area contributed by atoms with Gasteiger partial charge in [-0.05, 0) is 5.92 Å². The van der Waals surface area contributed by atoms with Crippen molar-refractivity contribution in [3.8, 4) is 0 Å². The van der Waals surface area contributed by atoms with Gasteiger partial charge in [-0.1, -0.05) is 43.7 Å². The maximum absolute atomic E-state index is 11.9. The van der Waals surface area contributed by atoms with Gasteiger partial charge in [0.1, 0.15) is 0 Å². The molecule has 0 spiro atoms. The van der Waals surface area contributed by atoms with Crippen LogP contribution in [0.3, 0.4) is 0 Å². The molecule has 0 saturated heterocycles. The van der Waals surface area contributed by atoms with Crippen LogP contribution in [0.5, 0.6) is 0 Å². The first-order chi connectivity index (χ1) is 8.17. The molecule has 0 bridgehead atoms. The van der Waals surface area contributed by atoms with Crippen LogP contribution in [0.15, 0.2) is 30.3 Å². The quantitative estimate of drug-likeness (QED) is 0.561. The summed E-state index contributed by atoms with van der Waals surface area (Å²) in [7, 11) is 1.37. The molecule has 17 heavy (non-hydrogen) atoms. The van der Waals surface area contributed by atoms with Crippen LogP contribution in [0.1, 0.15) is 36.5 Å². The van der Waals surface area contributed by atoms with Gasteiger partial charge in [0.25, 0.3) is 0 Å². The van der Waals surface area contributed by atoms with Gasteiger partial charge in [0.05, 0.1) is 7.11 Å². The molecule has 1 atom stereocenters. The van der Waals surface area contributed by atoms with E-state index in [1.807, 2.05) is 25.1 Å². The van der Waals surface area contributed by atoms with Crippen LogP contribution in [0.2, 0.25) is 0 Å². The summed E-state index contributed by atoms with van der Waals surface area (Å²) in [5.74, 6) is -0.103. The summed E-state index contributed by atoms with van der Waals surface area (Å²) in [6.07, 6.45) is 1.51. The Bertz CT molecular complexity index is 370. The summed E-state index contributed by atoms with van der Waals surface area (Å²) in [6, 6.07) is 9.16. The summed E-state index contributed by atoms with van der Waals surface area (Å²) in [6.45, 7) is 1.98. The molecule has 1 rings (SSSR count). The summed E-state index contributed by atoms with van der Waals surface area (Å²) >= 11 is 0. The Balaban J connectivity index is 2.57. The number of Topliss-reactive ketones (excluding diaryl/α,β-unsaturated/α-hetero) is 1. The van der Waals surface area contributed by atoms with E-state index in [0.717, 1.165) is 6.42 Å². The molecular formula is C14H18O3. The fourth-order valence-corrected chi connectivity index (χ4v) is 1.68. The minimum Gasteiger partial charge on any atom is -0.469 e. The molecule has 0 saturated carbocycles. The smallest absolute Gasteiger partial charge is 0.305 e. The number of carbonyl (C=O) groups is 2. The first kappa shape index (κ1) is 13.4. The largest absolute Gasteiger partial charge is 0.469 e. The molecule has 0 fully saturated rings. The van der Waals surface area contributed by atoms with Crippen molar-refractivity contribution in [1.82, 2.24) is 0 Å². The van der Waals surface area contributed by atoms with E-state index in [1.165, 1.54) is 7.11 Å². The molecule has 0 amide bonds. The number of hydrogen-bond acceptors (Lipinski definition) is 3. The lowest BCUT2D eigenvalue weighted by Crippen LogP contribution is -2.13. The summed E-state index contributed by atoms with van der Waals surface area (Å²) < 4.78 is 4.62. The Hall–Kier alpha value is -1.64. The molecule has 0 radical (unpaired) electrons. The number of ether oxygens (including phenoxy) is 1. The van der Waals surface area contributed by atoms with E-state index in [0.29, 0.717) is 18.4 Å². The van der Waals surface area contributed by atoms with Gasteiger partial charge in [-0.25, -0.2) is 0 Å². The second-order valence-electron chi connectivity index (χ2n) is 4.05. The highest BCUT2D eigenvalue weighted by Gasteiger charge is 2.17. The first-order valence-electron chi connectivity index (χ1n) is 5.82. The van der Waals surface area contributed by atoms with Crippen LogP contribution in [0.4, 0.5) is 0 Å². The van der Waals surface area contributed by atoms with E-state index < -0.39 is 0 Å². The van der Waals surface area contributed by atoms with Gasteiger partial charge in [-0.15, -0.1) is 0 Å². The van der Waals surface area contributed by atoms with Gasteiger partial charge in [0.2, 0.25) is 0 Å².